The standard InChI is InChI=1S/C13H8F2N2O/c14-10-3-1-2-8(7-16)13(10)18-12-5-4-9(17)6-11(12)15/h1-6H,17H2. The first-order chi connectivity index (χ1) is 8.61. The number of nitriles is 1. The lowest BCUT2D eigenvalue weighted by Gasteiger charge is -2.09. The molecule has 0 spiro atoms. The SMILES string of the molecule is N#Cc1cccc(F)c1Oc1ccc(N)cc1F. The predicted octanol–water partition coefficient (Wildman–Crippen LogP) is 3.21. The first-order valence-electron chi connectivity index (χ1n) is 5.03. The van der Waals surface area contributed by atoms with Gasteiger partial charge in [-0.25, -0.2) is 8.78 Å². The van der Waals surface area contributed by atoms with Crippen LogP contribution < -0.4 is 10.5 Å². The lowest BCUT2D eigenvalue weighted by Crippen LogP contribution is -1.95. The molecule has 0 aliphatic rings. The molecule has 0 heterocycles. The quantitative estimate of drug-likeness (QED) is 0.827. The fourth-order valence-electron chi connectivity index (χ4n) is 1.41. The molecule has 2 rings (SSSR count). The van der Waals surface area contributed by atoms with Crippen LogP contribution in [-0.2, 0) is 0 Å². The van der Waals surface area contributed by atoms with E-state index in [0.717, 1.165) is 12.1 Å². The van der Waals surface area contributed by atoms with Crippen molar-refractivity contribution >= 4 is 5.69 Å². The topological polar surface area (TPSA) is 59.0 Å². The molecule has 0 atom stereocenters. The van der Waals surface area contributed by atoms with Crippen molar-refractivity contribution in [3.63, 3.8) is 0 Å². The number of nitrogen functional groups attached to an aromatic ring is 1. The van der Waals surface area contributed by atoms with E-state index in [1.165, 1.54) is 24.3 Å². The van der Waals surface area contributed by atoms with E-state index in [-0.39, 0.29) is 22.7 Å². The van der Waals surface area contributed by atoms with Crippen LogP contribution in [0.4, 0.5) is 14.5 Å². The summed E-state index contributed by atoms with van der Waals surface area (Å²) in [6.07, 6.45) is 0. The summed E-state index contributed by atoms with van der Waals surface area (Å²) >= 11 is 0. The summed E-state index contributed by atoms with van der Waals surface area (Å²) in [5.74, 6) is -1.94. The Morgan fingerprint density at radius 1 is 1.11 bits per heavy atom. The lowest BCUT2D eigenvalue weighted by atomic mass is 10.2. The number of anilines is 1. The molecule has 2 N–H and O–H groups in total. The molecule has 0 bridgehead atoms. The maximum absolute atomic E-state index is 13.5. The maximum atomic E-state index is 13.5. The monoisotopic (exact) mass is 246 g/mol. The Balaban J connectivity index is 2.43. The van der Waals surface area contributed by atoms with E-state index in [2.05, 4.69) is 0 Å². The molecule has 5 heteroatoms. The van der Waals surface area contributed by atoms with Gasteiger partial charge < -0.3 is 10.5 Å². The van der Waals surface area contributed by atoms with Crippen molar-refractivity contribution in [3.05, 3.63) is 53.6 Å². The number of benzene rings is 2. The predicted molar refractivity (Wildman–Crippen MR) is 62.0 cm³/mol. The van der Waals surface area contributed by atoms with Crippen LogP contribution in [-0.4, -0.2) is 0 Å². The largest absolute Gasteiger partial charge is 0.450 e. The van der Waals surface area contributed by atoms with Crippen molar-refractivity contribution in [2.75, 3.05) is 5.73 Å². The zero-order valence-electron chi connectivity index (χ0n) is 9.15. The van der Waals surface area contributed by atoms with E-state index in [0.29, 0.717) is 0 Å². The Morgan fingerprint density at radius 3 is 2.56 bits per heavy atom. The van der Waals surface area contributed by atoms with Crippen LogP contribution in [0.2, 0.25) is 0 Å². The first kappa shape index (κ1) is 11.9. The number of ether oxygens (including phenoxy) is 1. The summed E-state index contributed by atoms with van der Waals surface area (Å²) in [6.45, 7) is 0. The Hall–Kier alpha value is -2.61. The van der Waals surface area contributed by atoms with Crippen LogP contribution in [0.3, 0.4) is 0 Å². The summed E-state index contributed by atoms with van der Waals surface area (Å²) < 4.78 is 32.1. The van der Waals surface area contributed by atoms with Gasteiger partial charge in [-0.2, -0.15) is 5.26 Å². The van der Waals surface area contributed by atoms with Gasteiger partial charge in [0.15, 0.2) is 23.1 Å². The first-order valence-corrected chi connectivity index (χ1v) is 5.03. The lowest BCUT2D eigenvalue weighted by molar-refractivity contribution is 0.413. The van der Waals surface area contributed by atoms with Crippen molar-refractivity contribution in [1.82, 2.24) is 0 Å². The molecule has 0 fully saturated rings. The average molecular weight is 246 g/mol. The highest BCUT2D eigenvalue weighted by Crippen LogP contribution is 2.30. The maximum Gasteiger partial charge on any atom is 0.180 e. The van der Waals surface area contributed by atoms with E-state index in [1.807, 2.05) is 0 Å². The summed E-state index contributed by atoms with van der Waals surface area (Å²) in [5, 5.41) is 8.82. The molecule has 0 saturated carbocycles. The van der Waals surface area contributed by atoms with Gasteiger partial charge in [0.05, 0.1) is 5.56 Å². The molecule has 0 aliphatic carbocycles. The van der Waals surface area contributed by atoms with Gasteiger partial charge in [-0.1, -0.05) is 6.07 Å². The van der Waals surface area contributed by atoms with Gasteiger partial charge in [0.25, 0.3) is 0 Å². The second kappa shape index (κ2) is 4.72. The number of hydrogen-bond acceptors (Lipinski definition) is 3. The van der Waals surface area contributed by atoms with Crippen LogP contribution in [0.15, 0.2) is 36.4 Å². The van der Waals surface area contributed by atoms with Crippen molar-refractivity contribution in [3.8, 4) is 17.6 Å². The van der Waals surface area contributed by atoms with E-state index in [9.17, 15) is 8.78 Å². The normalized spacial score (nSPS) is 9.83. The second-order valence-electron chi connectivity index (χ2n) is 3.52. The van der Waals surface area contributed by atoms with Crippen molar-refractivity contribution in [1.29, 1.82) is 5.26 Å². The third-order valence-electron chi connectivity index (χ3n) is 2.26. The highest BCUT2D eigenvalue weighted by atomic mass is 19.1. The van der Waals surface area contributed by atoms with Crippen LogP contribution >= 0.6 is 0 Å². The molecule has 2 aromatic rings. The molecule has 18 heavy (non-hydrogen) atoms. The summed E-state index contributed by atoms with van der Waals surface area (Å²) in [6, 6.07) is 9.42. The zero-order chi connectivity index (χ0) is 13.1. The molecule has 0 aliphatic heterocycles. The number of nitrogens with zero attached hydrogens (tertiary/aromatic N) is 1. The van der Waals surface area contributed by atoms with E-state index in [4.69, 9.17) is 15.7 Å². The fraction of sp³-hybridized carbons (Fsp3) is 0. The van der Waals surface area contributed by atoms with Crippen LogP contribution in [0.25, 0.3) is 0 Å². The number of rotatable bonds is 2. The number of para-hydroxylation sites is 1. The van der Waals surface area contributed by atoms with Crippen LogP contribution in [0, 0.1) is 23.0 Å². The number of nitrogens with two attached hydrogens (primary N) is 1. The molecular formula is C13H8F2N2O. The third-order valence-corrected chi connectivity index (χ3v) is 2.26. The van der Waals surface area contributed by atoms with Gasteiger partial charge in [0.2, 0.25) is 0 Å². The second-order valence-corrected chi connectivity index (χ2v) is 3.52. The van der Waals surface area contributed by atoms with Gasteiger partial charge in [0.1, 0.15) is 6.07 Å². The van der Waals surface area contributed by atoms with E-state index >= 15 is 0 Å². The molecule has 0 unspecified atom stereocenters. The highest BCUT2D eigenvalue weighted by Gasteiger charge is 2.13. The minimum Gasteiger partial charge on any atom is -0.450 e. The molecule has 3 nitrogen and oxygen atoms in total. The van der Waals surface area contributed by atoms with Crippen molar-refractivity contribution in [2.24, 2.45) is 0 Å². The van der Waals surface area contributed by atoms with E-state index < -0.39 is 11.6 Å². The molecule has 0 radical (unpaired) electrons. The Labute approximate surface area is 102 Å². The Morgan fingerprint density at radius 2 is 1.89 bits per heavy atom. The molecular weight excluding hydrogens is 238 g/mol. The summed E-state index contributed by atoms with van der Waals surface area (Å²) in [4.78, 5) is 0. The van der Waals surface area contributed by atoms with Gasteiger partial charge in [-0.15, -0.1) is 0 Å². The minimum atomic E-state index is -0.731. The zero-order valence-corrected chi connectivity index (χ0v) is 9.15. The average Bonchev–Trinajstić information content (AvgIpc) is 2.34. The van der Waals surface area contributed by atoms with Crippen LogP contribution in [0.5, 0.6) is 11.5 Å². The molecule has 0 saturated heterocycles. The molecule has 2 aromatic carbocycles. The van der Waals surface area contributed by atoms with Gasteiger partial charge >= 0.3 is 0 Å². The van der Waals surface area contributed by atoms with E-state index in [1.54, 1.807) is 6.07 Å². The number of hydrogen-bond donors (Lipinski definition) is 1. The molecule has 0 aromatic heterocycles. The highest BCUT2D eigenvalue weighted by molar-refractivity contribution is 5.48. The Kier molecular flexibility index (Phi) is 3.11. The minimum absolute atomic E-state index is 0.00812. The number of halogens is 2. The summed E-state index contributed by atoms with van der Waals surface area (Å²) in [7, 11) is 0. The Bertz CT molecular complexity index is 635. The van der Waals surface area contributed by atoms with Gasteiger partial charge in [0, 0.05) is 11.8 Å². The van der Waals surface area contributed by atoms with Gasteiger partial charge in [-0.3, -0.25) is 0 Å². The molecule has 90 valence electrons. The van der Waals surface area contributed by atoms with Crippen molar-refractivity contribution in [2.45, 2.75) is 0 Å². The smallest absolute Gasteiger partial charge is 0.180 e. The van der Waals surface area contributed by atoms with Crippen molar-refractivity contribution < 1.29 is 13.5 Å². The summed E-state index contributed by atoms with van der Waals surface area (Å²) in [5.41, 5.74) is 5.61. The third kappa shape index (κ3) is 2.23. The van der Waals surface area contributed by atoms with Crippen LogP contribution in [0.1, 0.15) is 5.56 Å². The fourth-order valence-corrected chi connectivity index (χ4v) is 1.41. The molecule has 0 amide bonds. The van der Waals surface area contributed by atoms with Gasteiger partial charge in [-0.05, 0) is 24.3 Å².